The van der Waals surface area contributed by atoms with E-state index in [1.807, 2.05) is 0 Å². The zero-order valence-electron chi connectivity index (χ0n) is 9.14. The summed E-state index contributed by atoms with van der Waals surface area (Å²) in [4.78, 5) is 0. The Bertz CT molecular complexity index is 736. The van der Waals surface area contributed by atoms with Crippen molar-refractivity contribution in [3.05, 3.63) is 48.0 Å². The quantitative estimate of drug-likeness (QED) is 0.716. The Labute approximate surface area is 101 Å². The molecular formula is C12H8F2N4. The van der Waals surface area contributed by atoms with Crippen LogP contribution in [0.2, 0.25) is 0 Å². The van der Waals surface area contributed by atoms with Gasteiger partial charge in [0.05, 0.1) is 0 Å². The molecule has 0 aliphatic carbocycles. The molecule has 18 heavy (non-hydrogen) atoms. The van der Waals surface area contributed by atoms with E-state index >= 15 is 0 Å². The monoisotopic (exact) mass is 246 g/mol. The third-order valence-corrected chi connectivity index (χ3v) is 2.64. The molecule has 6 heteroatoms. The van der Waals surface area contributed by atoms with Crippen molar-refractivity contribution >= 4 is 11.5 Å². The third-order valence-electron chi connectivity index (χ3n) is 2.64. The van der Waals surface area contributed by atoms with Crippen molar-refractivity contribution in [2.45, 2.75) is 0 Å². The molecule has 4 nitrogen and oxygen atoms in total. The maximum absolute atomic E-state index is 13.2. The van der Waals surface area contributed by atoms with E-state index < -0.39 is 11.6 Å². The average molecular weight is 246 g/mol. The Morgan fingerprint density at radius 2 is 1.83 bits per heavy atom. The minimum Gasteiger partial charge on any atom is -0.385 e. The van der Waals surface area contributed by atoms with Gasteiger partial charge in [0, 0.05) is 5.56 Å². The molecule has 0 radical (unpaired) electrons. The number of pyridine rings is 1. The van der Waals surface area contributed by atoms with Crippen molar-refractivity contribution in [2.75, 3.05) is 5.73 Å². The lowest BCUT2D eigenvalue weighted by atomic mass is 10.2. The van der Waals surface area contributed by atoms with Crippen molar-refractivity contribution in [1.82, 2.24) is 14.6 Å². The normalized spacial score (nSPS) is 11.0. The van der Waals surface area contributed by atoms with Crippen LogP contribution in [0.3, 0.4) is 0 Å². The molecule has 0 atom stereocenters. The van der Waals surface area contributed by atoms with E-state index in [4.69, 9.17) is 5.73 Å². The lowest BCUT2D eigenvalue weighted by Gasteiger charge is -2.03. The first kappa shape index (κ1) is 10.6. The van der Waals surface area contributed by atoms with Gasteiger partial charge in [0.25, 0.3) is 0 Å². The number of hydrogen-bond acceptors (Lipinski definition) is 3. The molecule has 1 aromatic carbocycles. The van der Waals surface area contributed by atoms with Gasteiger partial charge in [-0.15, -0.1) is 10.2 Å². The predicted octanol–water partition coefficient (Wildman–Crippen LogP) is 2.26. The Morgan fingerprint density at radius 3 is 2.61 bits per heavy atom. The minimum absolute atomic E-state index is 0.377. The second-order valence-electron chi connectivity index (χ2n) is 3.80. The van der Waals surface area contributed by atoms with Crippen LogP contribution < -0.4 is 5.73 Å². The summed E-state index contributed by atoms with van der Waals surface area (Å²) in [5.41, 5.74) is 6.79. The van der Waals surface area contributed by atoms with Crippen LogP contribution in [0.4, 0.5) is 14.6 Å². The van der Waals surface area contributed by atoms with E-state index in [0.717, 1.165) is 12.1 Å². The van der Waals surface area contributed by atoms with Crippen molar-refractivity contribution in [3.63, 3.8) is 0 Å². The number of rotatable bonds is 1. The maximum atomic E-state index is 13.2. The van der Waals surface area contributed by atoms with Gasteiger partial charge in [-0.1, -0.05) is 6.07 Å². The Hall–Kier alpha value is -2.50. The van der Waals surface area contributed by atoms with Crippen LogP contribution in [-0.4, -0.2) is 14.6 Å². The molecule has 3 rings (SSSR count). The number of halogens is 2. The Morgan fingerprint density at radius 1 is 1.00 bits per heavy atom. The first-order valence-electron chi connectivity index (χ1n) is 5.22. The van der Waals surface area contributed by atoms with Crippen molar-refractivity contribution in [1.29, 1.82) is 0 Å². The van der Waals surface area contributed by atoms with Gasteiger partial charge in [0.1, 0.15) is 5.82 Å². The van der Waals surface area contributed by atoms with E-state index in [1.165, 1.54) is 6.07 Å². The highest BCUT2D eigenvalue weighted by atomic mass is 19.2. The minimum atomic E-state index is -0.932. The standard InChI is InChI=1S/C12H8F2N4/c13-8-5-4-7(6-9(8)14)12-17-16-11-3-1-2-10(15)18(11)12/h1-6H,15H2. The Kier molecular flexibility index (Phi) is 2.22. The number of nitrogen functional groups attached to an aromatic ring is 1. The second kappa shape index (κ2) is 3.76. The predicted molar refractivity (Wildman–Crippen MR) is 62.8 cm³/mol. The molecule has 0 unspecified atom stereocenters. The van der Waals surface area contributed by atoms with Gasteiger partial charge < -0.3 is 5.73 Å². The number of fused-ring (bicyclic) bond motifs is 1. The largest absolute Gasteiger partial charge is 0.385 e. The number of benzene rings is 1. The molecular weight excluding hydrogens is 238 g/mol. The molecule has 0 aliphatic rings. The van der Waals surface area contributed by atoms with Gasteiger partial charge in [0.15, 0.2) is 23.1 Å². The van der Waals surface area contributed by atoms with Gasteiger partial charge in [-0.05, 0) is 30.3 Å². The van der Waals surface area contributed by atoms with Crippen LogP contribution in [0.15, 0.2) is 36.4 Å². The fraction of sp³-hybridized carbons (Fsp3) is 0. The molecule has 3 aromatic rings. The highest BCUT2D eigenvalue weighted by Gasteiger charge is 2.12. The van der Waals surface area contributed by atoms with Crippen LogP contribution >= 0.6 is 0 Å². The van der Waals surface area contributed by atoms with Crippen molar-refractivity contribution in [2.24, 2.45) is 0 Å². The average Bonchev–Trinajstić information content (AvgIpc) is 2.78. The lowest BCUT2D eigenvalue weighted by molar-refractivity contribution is 0.509. The maximum Gasteiger partial charge on any atom is 0.170 e. The van der Waals surface area contributed by atoms with Crippen LogP contribution in [0.25, 0.3) is 17.0 Å². The summed E-state index contributed by atoms with van der Waals surface area (Å²) < 4.78 is 27.7. The molecule has 0 amide bonds. The van der Waals surface area contributed by atoms with Gasteiger partial charge in [-0.3, -0.25) is 4.40 Å². The summed E-state index contributed by atoms with van der Waals surface area (Å²) >= 11 is 0. The molecule has 0 bridgehead atoms. The topological polar surface area (TPSA) is 56.2 Å². The second-order valence-corrected chi connectivity index (χ2v) is 3.80. The van der Waals surface area contributed by atoms with E-state index in [9.17, 15) is 8.78 Å². The van der Waals surface area contributed by atoms with Crippen LogP contribution in [0.1, 0.15) is 0 Å². The number of hydrogen-bond donors (Lipinski definition) is 1. The summed E-state index contributed by atoms with van der Waals surface area (Å²) in [7, 11) is 0. The first-order valence-corrected chi connectivity index (χ1v) is 5.22. The molecule has 0 saturated carbocycles. The zero-order chi connectivity index (χ0) is 12.7. The molecule has 0 saturated heterocycles. The SMILES string of the molecule is Nc1cccc2nnc(-c3ccc(F)c(F)c3)n12. The van der Waals surface area contributed by atoms with Gasteiger partial charge in [-0.2, -0.15) is 0 Å². The molecule has 0 spiro atoms. The number of anilines is 1. The Balaban J connectivity index is 2.28. The fourth-order valence-corrected chi connectivity index (χ4v) is 1.79. The van der Waals surface area contributed by atoms with Crippen LogP contribution in [0.5, 0.6) is 0 Å². The van der Waals surface area contributed by atoms with Crippen LogP contribution in [-0.2, 0) is 0 Å². The molecule has 2 aromatic heterocycles. The summed E-state index contributed by atoms with van der Waals surface area (Å²) in [6.45, 7) is 0. The fourth-order valence-electron chi connectivity index (χ4n) is 1.79. The first-order chi connectivity index (χ1) is 8.66. The smallest absolute Gasteiger partial charge is 0.170 e. The van der Waals surface area contributed by atoms with Gasteiger partial charge in [0.2, 0.25) is 0 Å². The molecule has 2 heterocycles. The van der Waals surface area contributed by atoms with Gasteiger partial charge in [-0.25, -0.2) is 8.78 Å². The lowest BCUT2D eigenvalue weighted by Crippen LogP contribution is -1.98. The van der Waals surface area contributed by atoms with Crippen molar-refractivity contribution in [3.8, 4) is 11.4 Å². The van der Waals surface area contributed by atoms with E-state index in [-0.39, 0.29) is 0 Å². The zero-order valence-corrected chi connectivity index (χ0v) is 9.14. The summed E-state index contributed by atoms with van der Waals surface area (Å²) in [6, 6.07) is 8.70. The number of aromatic nitrogens is 3. The van der Waals surface area contributed by atoms with E-state index in [2.05, 4.69) is 10.2 Å². The number of nitrogens with two attached hydrogens (primary N) is 1. The number of nitrogens with zero attached hydrogens (tertiary/aromatic N) is 3. The highest BCUT2D eigenvalue weighted by Crippen LogP contribution is 2.22. The van der Waals surface area contributed by atoms with E-state index in [0.29, 0.717) is 22.9 Å². The molecule has 0 aliphatic heterocycles. The molecule has 90 valence electrons. The summed E-state index contributed by atoms with van der Waals surface area (Å²) in [5.74, 6) is -1.03. The van der Waals surface area contributed by atoms with E-state index in [1.54, 1.807) is 22.6 Å². The highest BCUT2D eigenvalue weighted by molar-refractivity contribution is 5.62. The summed E-state index contributed by atoms with van der Waals surface area (Å²) in [5, 5.41) is 7.87. The molecule has 0 fully saturated rings. The van der Waals surface area contributed by atoms with Crippen molar-refractivity contribution < 1.29 is 8.78 Å². The third kappa shape index (κ3) is 1.50. The van der Waals surface area contributed by atoms with Crippen LogP contribution in [0, 0.1) is 11.6 Å². The van der Waals surface area contributed by atoms with Gasteiger partial charge >= 0.3 is 0 Å². The molecule has 2 N–H and O–H groups in total. The summed E-state index contributed by atoms with van der Waals surface area (Å²) in [6.07, 6.45) is 0.